The Hall–Kier alpha value is -3.05. The van der Waals surface area contributed by atoms with E-state index in [1.54, 1.807) is 7.11 Å². The molecule has 3 heterocycles. The highest BCUT2D eigenvalue weighted by atomic mass is 35.5. The number of methoxy groups -OCH3 is 1. The Kier molecular flexibility index (Phi) is 4.22. The van der Waals surface area contributed by atoms with Crippen LogP contribution in [0.25, 0.3) is 17.0 Å². The fourth-order valence-corrected chi connectivity index (χ4v) is 3.02. The summed E-state index contributed by atoms with van der Waals surface area (Å²) in [5.74, 6) is 1.52. The van der Waals surface area contributed by atoms with Crippen LogP contribution in [0.1, 0.15) is 5.69 Å². The molecule has 0 radical (unpaired) electrons. The van der Waals surface area contributed by atoms with Crippen molar-refractivity contribution in [2.45, 2.75) is 6.92 Å². The van der Waals surface area contributed by atoms with Gasteiger partial charge in [0.05, 0.1) is 30.4 Å². The number of aryl methyl sites for hydroxylation is 1. The Morgan fingerprint density at radius 3 is 2.58 bits per heavy atom. The minimum Gasteiger partial charge on any atom is -0.495 e. The van der Waals surface area contributed by atoms with E-state index in [1.165, 1.54) is 0 Å². The number of aromatic nitrogens is 3. The fourth-order valence-electron chi connectivity index (χ4n) is 2.89. The van der Waals surface area contributed by atoms with Gasteiger partial charge in [0.2, 0.25) is 0 Å². The van der Waals surface area contributed by atoms with Gasteiger partial charge in [-0.3, -0.25) is 4.40 Å². The van der Waals surface area contributed by atoms with Crippen LogP contribution in [0.2, 0.25) is 5.02 Å². The van der Waals surface area contributed by atoms with Crippen molar-refractivity contribution in [1.29, 1.82) is 0 Å². The second kappa shape index (κ2) is 6.69. The molecule has 3 aromatic heterocycles. The van der Waals surface area contributed by atoms with Crippen LogP contribution >= 0.6 is 11.6 Å². The molecule has 4 rings (SSSR count). The molecule has 0 aliphatic carbocycles. The highest BCUT2D eigenvalue weighted by Gasteiger charge is 2.13. The molecule has 0 atom stereocenters. The number of benzene rings is 1. The number of fused-ring (bicyclic) bond motifs is 1. The van der Waals surface area contributed by atoms with Gasteiger partial charge in [-0.1, -0.05) is 17.7 Å². The number of ether oxygens (including phenoxy) is 1. The monoisotopic (exact) mass is 364 g/mol. The minimum absolute atomic E-state index is 0.701. The number of rotatable bonds is 4. The standard InChI is InChI=1S/C20H17ClN4O/c1-13-20(25-12-16(26-2)10-11-19(25)22-13)17-4-3-5-18(24-17)23-15-8-6-14(21)7-9-15/h3-12H,1-2H3,(H,23,24). The molecular formula is C20H17ClN4O. The number of halogens is 1. The van der Waals surface area contributed by atoms with Crippen LogP contribution in [0.15, 0.2) is 60.8 Å². The molecular weight excluding hydrogens is 348 g/mol. The summed E-state index contributed by atoms with van der Waals surface area (Å²) in [5.41, 5.74) is 4.47. The lowest BCUT2D eigenvalue weighted by atomic mass is 10.2. The molecule has 1 N–H and O–H groups in total. The van der Waals surface area contributed by atoms with Gasteiger partial charge in [-0.15, -0.1) is 0 Å². The van der Waals surface area contributed by atoms with Crippen LogP contribution in [0.5, 0.6) is 5.75 Å². The predicted octanol–water partition coefficient (Wildman–Crippen LogP) is 5.11. The number of pyridine rings is 2. The third-order valence-corrected chi connectivity index (χ3v) is 4.36. The summed E-state index contributed by atoms with van der Waals surface area (Å²) < 4.78 is 7.35. The maximum Gasteiger partial charge on any atom is 0.137 e. The number of nitrogens with one attached hydrogen (secondary N) is 1. The van der Waals surface area contributed by atoms with Crippen molar-refractivity contribution in [3.63, 3.8) is 0 Å². The van der Waals surface area contributed by atoms with Crippen molar-refractivity contribution in [2.75, 3.05) is 12.4 Å². The summed E-state index contributed by atoms with van der Waals surface area (Å²) in [6, 6.07) is 17.2. The molecule has 0 aliphatic heterocycles. The van der Waals surface area contributed by atoms with Crippen LogP contribution in [-0.4, -0.2) is 21.5 Å². The molecule has 0 bridgehead atoms. The normalized spacial score (nSPS) is 10.9. The highest BCUT2D eigenvalue weighted by molar-refractivity contribution is 6.30. The molecule has 0 saturated heterocycles. The molecule has 0 saturated carbocycles. The van der Waals surface area contributed by atoms with Crippen LogP contribution in [0.3, 0.4) is 0 Å². The molecule has 4 aromatic rings. The van der Waals surface area contributed by atoms with E-state index in [1.807, 2.05) is 72.1 Å². The Morgan fingerprint density at radius 1 is 1.00 bits per heavy atom. The van der Waals surface area contributed by atoms with Crippen LogP contribution in [-0.2, 0) is 0 Å². The van der Waals surface area contributed by atoms with Gasteiger partial charge in [-0.2, -0.15) is 0 Å². The lowest BCUT2D eigenvalue weighted by molar-refractivity contribution is 0.412. The van der Waals surface area contributed by atoms with E-state index in [2.05, 4.69) is 10.3 Å². The summed E-state index contributed by atoms with van der Waals surface area (Å²) in [6.07, 6.45) is 1.92. The number of hydrogen-bond donors (Lipinski definition) is 1. The Labute approximate surface area is 156 Å². The van der Waals surface area contributed by atoms with E-state index in [9.17, 15) is 0 Å². The smallest absolute Gasteiger partial charge is 0.137 e. The van der Waals surface area contributed by atoms with E-state index in [0.717, 1.165) is 40.0 Å². The van der Waals surface area contributed by atoms with Gasteiger partial charge >= 0.3 is 0 Å². The molecule has 0 spiro atoms. The van der Waals surface area contributed by atoms with E-state index < -0.39 is 0 Å². The third kappa shape index (κ3) is 3.09. The quantitative estimate of drug-likeness (QED) is 0.546. The zero-order chi connectivity index (χ0) is 18.1. The van der Waals surface area contributed by atoms with Crippen molar-refractivity contribution in [3.05, 3.63) is 71.5 Å². The Balaban J connectivity index is 1.75. The zero-order valence-corrected chi connectivity index (χ0v) is 15.2. The number of anilines is 2. The van der Waals surface area contributed by atoms with E-state index in [-0.39, 0.29) is 0 Å². The summed E-state index contributed by atoms with van der Waals surface area (Å²) in [6.45, 7) is 1.98. The van der Waals surface area contributed by atoms with Gasteiger partial charge in [0.25, 0.3) is 0 Å². The maximum absolute atomic E-state index is 5.94. The van der Waals surface area contributed by atoms with Gasteiger partial charge in [0, 0.05) is 10.7 Å². The molecule has 5 nitrogen and oxygen atoms in total. The average molecular weight is 365 g/mol. The SMILES string of the molecule is COc1ccc2nc(C)c(-c3cccc(Nc4ccc(Cl)cc4)n3)n2c1. The first kappa shape index (κ1) is 16.4. The Bertz CT molecular complexity index is 1070. The second-order valence-corrected chi connectivity index (χ2v) is 6.32. The van der Waals surface area contributed by atoms with Gasteiger partial charge in [-0.05, 0) is 55.5 Å². The molecule has 0 unspecified atom stereocenters. The molecule has 6 heteroatoms. The van der Waals surface area contributed by atoms with Gasteiger partial charge in [-0.25, -0.2) is 9.97 Å². The van der Waals surface area contributed by atoms with Gasteiger partial charge in [0.1, 0.15) is 17.2 Å². The largest absolute Gasteiger partial charge is 0.495 e. The minimum atomic E-state index is 0.701. The van der Waals surface area contributed by atoms with Crippen LogP contribution < -0.4 is 10.1 Å². The van der Waals surface area contributed by atoms with Crippen molar-refractivity contribution < 1.29 is 4.74 Å². The highest BCUT2D eigenvalue weighted by Crippen LogP contribution is 2.27. The topological polar surface area (TPSA) is 51.5 Å². The summed E-state index contributed by atoms with van der Waals surface area (Å²) in [4.78, 5) is 9.37. The molecule has 0 amide bonds. The van der Waals surface area contributed by atoms with Crippen LogP contribution in [0.4, 0.5) is 11.5 Å². The second-order valence-electron chi connectivity index (χ2n) is 5.88. The molecule has 0 aliphatic rings. The van der Waals surface area contributed by atoms with Crippen molar-refractivity contribution in [2.24, 2.45) is 0 Å². The molecule has 1 aromatic carbocycles. The first-order chi connectivity index (χ1) is 12.6. The van der Waals surface area contributed by atoms with Crippen molar-refractivity contribution in [3.8, 4) is 17.1 Å². The summed E-state index contributed by atoms with van der Waals surface area (Å²) in [7, 11) is 1.65. The van der Waals surface area contributed by atoms with Gasteiger partial charge in [0.15, 0.2) is 0 Å². The molecule has 0 fully saturated rings. The number of hydrogen-bond acceptors (Lipinski definition) is 4. The van der Waals surface area contributed by atoms with E-state index >= 15 is 0 Å². The zero-order valence-electron chi connectivity index (χ0n) is 14.4. The predicted molar refractivity (Wildman–Crippen MR) is 104 cm³/mol. The lowest BCUT2D eigenvalue weighted by Gasteiger charge is -2.09. The average Bonchev–Trinajstić information content (AvgIpc) is 2.98. The summed E-state index contributed by atoms with van der Waals surface area (Å²) in [5, 5.41) is 4.00. The third-order valence-electron chi connectivity index (χ3n) is 4.11. The van der Waals surface area contributed by atoms with Gasteiger partial charge < -0.3 is 10.1 Å². The van der Waals surface area contributed by atoms with E-state index in [4.69, 9.17) is 21.3 Å². The van der Waals surface area contributed by atoms with Crippen molar-refractivity contribution in [1.82, 2.24) is 14.4 Å². The first-order valence-corrected chi connectivity index (χ1v) is 8.54. The summed E-state index contributed by atoms with van der Waals surface area (Å²) >= 11 is 5.94. The Morgan fingerprint density at radius 2 is 1.81 bits per heavy atom. The lowest BCUT2D eigenvalue weighted by Crippen LogP contribution is -1.97. The number of nitrogens with zero attached hydrogens (tertiary/aromatic N) is 3. The first-order valence-electron chi connectivity index (χ1n) is 8.17. The molecule has 130 valence electrons. The van der Waals surface area contributed by atoms with Crippen LogP contribution in [0, 0.1) is 6.92 Å². The number of imidazole rings is 1. The fraction of sp³-hybridized carbons (Fsp3) is 0.100. The maximum atomic E-state index is 5.94. The van der Waals surface area contributed by atoms with Crippen molar-refractivity contribution >= 4 is 28.8 Å². The van der Waals surface area contributed by atoms with E-state index in [0.29, 0.717) is 5.02 Å². The molecule has 26 heavy (non-hydrogen) atoms.